The van der Waals surface area contributed by atoms with Crippen LogP contribution in [0.4, 0.5) is 0 Å². The van der Waals surface area contributed by atoms with E-state index in [2.05, 4.69) is 46.0 Å². The van der Waals surface area contributed by atoms with E-state index in [-0.39, 0.29) is 5.56 Å². The van der Waals surface area contributed by atoms with Gasteiger partial charge in [0.25, 0.3) is 5.56 Å². The number of hydrogen-bond acceptors (Lipinski definition) is 2. The monoisotopic (exact) mass is 264 g/mol. The van der Waals surface area contributed by atoms with Crippen molar-refractivity contribution in [3.8, 4) is 0 Å². The lowest BCUT2D eigenvalue weighted by molar-refractivity contribution is 0.524. The van der Waals surface area contributed by atoms with Gasteiger partial charge in [0.05, 0.1) is 0 Å². The maximum atomic E-state index is 12.5. The molecule has 0 bridgehead atoms. The van der Waals surface area contributed by atoms with Crippen molar-refractivity contribution in [2.24, 2.45) is 0 Å². The molecule has 0 aliphatic rings. The molecule has 0 aliphatic carbocycles. The number of nitrogens with zero attached hydrogens (tertiary/aromatic N) is 1. The highest BCUT2D eigenvalue weighted by Gasteiger charge is 2.11. The van der Waals surface area contributed by atoms with Gasteiger partial charge in [-0.15, -0.1) is 0 Å². The second kappa shape index (κ2) is 7.49. The van der Waals surface area contributed by atoms with Crippen LogP contribution in [0, 0.1) is 0 Å². The molecule has 0 radical (unpaired) electrons. The summed E-state index contributed by atoms with van der Waals surface area (Å²) >= 11 is 0. The molecule has 1 atom stereocenters. The highest BCUT2D eigenvalue weighted by Crippen LogP contribution is 2.13. The Morgan fingerprint density at radius 2 is 1.89 bits per heavy atom. The summed E-state index contributed by atoms with van der Waals surface area (Å²) in [4.78, 5) is 12.5. The van der Waals surface area contributed by atoms with E-state index in [4.69, 9.17) is 0 Å². The van der Waals surface area contributed by atoms with E-state index < -0.39 is 0 Å². The quantitative estimate of drug-likeness (QED) is 0.820. The summed E-state index contributed by atoms with van der Waals surface area (Å²) in [6.07, 6.45) is 2.06. The predicted octanol–water partition coefficient (Wildman–Crippen LogP) is 3.27. The molecule has 1 unspecified atom stereocenters. The second-order valence-corrected chi connectivity index (χ2v) is 5.59. The van der Waals surface area contributed by atoms with E-state index in [0.717, 1.165) is 30.6 Å². The van der Waals surface area contributed by atoms with Crippen molar-refractivity contribution >= 4 is 0 Å². The van der Waals surface area contributed by atoms with Crippen molar-refractivity contribution in [3.05, 3.63) is 33.7 Å². The molecule has 3 nitrogen and oxygen atoms in total. The Labute approximate surface area is 117 Å². The van der Waals surface area contributed by atoms with Crippen molar-refractivity contribution in [1.29, 1.82) is 0 Å². The molecule has 0 fully saturated rings. The highest BCUT2D eigenvalue weighted by atomic mass is 16.1. The molecule has 1 rings (SSSR count). The molecule has 0 saturated carbocycles. The van der Waals surface area contributed by atoms with Gasteiger partial charge in [-0.1, -0.05) is 33.8 Å². The molecule has 0 spiro atoms. The summed E-state index contributed by atoms with van der Waals surface area (Å²) in [6, 6.07) is 4.54. The maximum Gasteiger partial charge on any atom is 0.255 e. The van der Waals surface area contributed by atoms with E-state index in [1.807, 2.05) is 10.6 Å². The third-order valence-electron chi connectivity index (χ3n) is 3.58. The molecule has 0 aromatic carbocycles. The van der Waals surface area contributed by atoms with Gasteiger partial charge >= 0.3 is 0 Å². The Bertz CT molecular complexity index is 449. The van der Waals surface area contributed by atoms with Crippen LogP contribution in [0.2, 0.25) is 0 Å². The summed E-state index contributed by atoms with van der Waals surface area (Å²) in [5.41, 5.74) is 2.18. The molecule has 1 heterocycles. The largest absolute Gasteiger partial charge is 0.312 e. The Morgan fingerprint density at radius 3 is 2.42 bits per heavy atom. The predicted molar refractivity (Wildman–Crippen MR) is 81.7 cm³/mol. The Kier molecular flexibility index (Phi) is 6.29. The first kappa shape index (κ1) is 16.0. The van der Waals surface area contributed by atoms with Gasteiger partial charge in [-0.05, 0) is 31.7 Å². The van der Waals surface area contributed by atoms with Crippen LogP contribution in [0.5, 0.6) is 0 Å². The average molecular weight is 264 g/mol. The Morgan fingerprint density at radius 1 is 1.21 bits per heavy atom. The smallest absolute Gasteiger partial charge is 0.255 e. The fraction of sp³-hybridized carbons (Fsp3) is 0.688. The lowest BCUT2D eigenvalue weighted by Gasteiger charge is -2.17. The van der Waals surface area contributed by atoms with Crippen LogP contribution in [0.15, 0.2) is 16.9 Å². The molecule has 0 saturated heterocycles. The zero-order valence-corrected chi connectivity index (χ0v) is 13.0. The molecule has 1 aromatic heterocycles. The minimum absolute atomic E-state index is 0.170. The Balaban J connectivity index is 3.02. The molecule has 0 amide bonds. The van der Waals surface area contributed by atoms with Crippen molar-refractivity contribution in [1.82, 2.24) is 9.88 Å². The van der Waals surface area contributed by atoms with E-state index in [1.54, 1.807) is 0 Å². The van der Waals surface area contributed by atoms with E-state index in [1.165, 1.54) is 0 Å². The molecular formula is C16H28N2O. The van der Waals surface area contributed by atoms with E-state index >= 15 is 0 Å². The van der Waals surface area contributed by atoms with Crippen LogP contribution < -0.4 is 10.9 Å². The minimum Gasteiger partial charge on any atom is -0.312 e. The zero-order valence-electron chi connectivity index (χ0n) is 13.0. The van der Waals surface area contributed by atoms with Gasteiger partial charge < -0.3 is 9.88 Å². The van der Waals surface area contributed by atoms with Crippen molar-refractivity contribution in [2.75, 3.05) is 0 Å². The van der Waals surface area contributed by atoms with Gasteiger partial charge in [0.1, 0.15) is 0 Å². The molecule has 19 heavy (non-hydrogen) atoms. The fourth-order valence-electron chi connectivity index (χ4n) is 2.16. The van der Waals surface area contributed by atoms with Crippen molar-refractivity contribution < 1.29 is 0 Å². The van der Waals surface area contributed by atoms with Gasteiger partial charge in [0.2, 0.25) is 0 Å². The van der Waals surface area contributed by atoms with Crippen LogP contribution >= 0.6 is 0 Å². The van der Waals surface area contributed by atoms with Crippen LogP contribution in [0.25, 0.3) is 0 Å². The summed E-state index contributed by atoms with van der Waals surface area (Å²) < 4.78 is 1.94. The van der Waals surface area contributed by atoms with Crippen LogP contribution in [0.3, 0.4) is 0 Å². The third kappa shape index (κ3) is 4.20. The molecule has 108 valence electrons. The topological polar surface area (TPSA) is 34.0 Å². The molecule has 1 aromatic rings. The van der Waals surface area contributed by atoms with Gasteiger partial charge in [0, 0.05) is 30.4 Å². The summed E-state index contributed by atoms with van der Waals surface area (Å²) in [5, 5.41) is 3.39. The van der Waals surface area contributed by atoms with E-state index in [0.29, 0.717) is 18.5 Å². The molecular weight excluding hydrogens is 236 g/mol. The van der Waals surface area contributed by atoms with Gasteiger partial charge in [-0.3, -0.25) is 4.79 Å². The number of rotatable bonds is 7. The SMILES string of the molecule is CCCn1c(C(C)C)ccc(CNC(C)CC)c1=O. The number of hydrogen-bond donors (Lipinski definition) is 1. The van der Waals surface area contributed by atoms with Crippen LogP contribution in [0.1, 0.15) is 64.6 Å². The highest BCUT2D eigenvalue weighted by molar-refractivity contribution is 5.18. The lowest BCUT2D eigenvalue weighted by atomic mass is 10.1. The minimum atomic E-state index is 0.170. The summed E-state index contributed by atoms with van der Waals surface area (Å²) in [5.74, 6) is 0.385. The molecule has 1 N–H and O–H groups in total. The molecule has 3 heteroatoms. The summed E-state index contributed by atoms with van der Waals surface area (Å²) in [6.45, 7) is 12.2. The van der Waals surface area contributed by atoms with Crippen molar-refractivity contribution in [2.45, 2.75) is 72.5 Å². The maximum absolute atomic E-state index is 12.5. The van der Waals surface area contributed by atoms with Crippen molar-refractivity contribution in [3.63, 3.8) is 0 Å². The number of aromatic nitrogens is 1. The first-order valence-corrected chi connectivity index (χ1v) is 7.47. The van der Waals surface area contributed by atoms with Crippen LogP contribution in [-0.2, 0) is 13.1 Å². The third-order valence-corrected chi connectivity index (χ3v) is 3.58. The number of nitrogens with one attached hydrogen (secondary N) is 1. The molecule has 0 aliphatic heterocycles. The number of pyridine rings is 1. The average Bonchev–Trinajstić information content (AvgIpc) is 2.39. The zero-order chi connectivity index (χ0) is 14.4. The normalized spacial score (nSPS) is 12.9. The first-order valence-electron chi connectivity index (χ1n) is 7.47. The standard InChI is InChI=1S/C16H28N2O/c1-6-10-18-15(12(3)4)9-8-14(16(18)19)11-17-13(5)7-2/h8-9,12-13,17H,6-7,10-11H2,1-5H3. The van der Waals surface area contributed by atoms with Gasteiger partial charge in [-0.25, -0.2) is 0 Å². The van der Waals surface area contributed by atoms with Crippen LogP contribution in [-0.4, -0.2) is 10.6 Å². The fourth-order valence-corrected chi connectivity index (χ4v) is 2.16. The second-order valence-electron chi connectivity index (χ2n) is 5.59. The van der Waals surface area contributed by atoms with E-state index in [9.17, 15) is 4.79 Å². The summed E-state index contributed by atoms with van der Waals surface area (Å²) in [7, 11) is 0. The lowest BCUT2D eigenvalue weighted by Crippen LogP contribution is -2.32. The Hall–Kier alpha value is -1.09. The van der Waals surface area contributed by atoms with Gasteiger partial charge in [0.15, 0.2) is 0 Å². The van der Waals surface area contributed by atoms with Gasteiger partial charge in [-0.2, -0.15) is 0 Å². The first-order chi connectivity index (χ1) is 9.01.